The summed E-state index contributed by atoms with van der Waals surface area (Å²) in [6.07, 6.45) is 11.4. The molecule has 0 radical (unpaired) electrons. The summed E-state index contributed by atoms with van der Waals surface area (Å²) in [5, 5.41) is 13.2. The third kappa shape index (κ3) is 4.14. The van der Waals surface area contributed by atoms with Crippen LogP contribution in [0.5, 0.6) is 0 Å². The van der Waals surface area contributed by atoms with Crippen molar-refractivity contribution in [1.82, 2.24) is 15.2 Å². The lowest BCUT2D eigenvalue weighted by Crippen LogP contribution is -2.46. The molecule has 1 aliphatic carbocycles. The highest BCUT2D eigenvalue weighted by Crippen LogP contribution is 2.41. The van der Waals surface area contributed by atoms with Crippen molar-refractivity contribution in [2.24, 2.45) is 5.41 Å². The summed E-state index contributed by atoms with van der Waals surface area (Å²) < 4.78 is 0. The molecule has 2 fully saturated rings. The van der Waals surface area contributed by atoms with Gasteiger partial charge in [0.15, 0.2) is 0 Å². The van der Waals surface area contributed by atoms with Gasteiger partial charge < -0.3 is 15.3 Å². The summed E-state index contributed by atoms with van der Waals surface area (Å²) in [5.41, 5.74) is 0.760. The van der Waals surface area contributed by atoms with E-state index in [1.807, 2.05) is 6.92 Å². The fraction of sp³-hybridized carbons (Fsp3) is 0.571. The number of aryl methyl sites for hydroxylation is 1. The Kier molecular flexibility index (Phi) is 5.81. The molecule has 0 aromatic carbocycles. The van der Waals surface area contributed by atoms with E-state index < -0.39 is 17.6 Å². The second-order valence-electron chi connectivity index (χ2n) is 7.77. The van der Waals surface area contributed by atoms with E-state index in [1.54, 1.807) is 17.0 Å². The highest BCUT2D eigenvalue weighted by molar-refractivity contribution is 5.94. The lowest BCUT2D eigenvalue weighted by Gasteiger charge is -2.37. The standard InChI is InChI=1S/C21H27N3O3/c1-3-9-21(10-5-4-6-11-21)20(27)24-13-17(18(25)14-24)23-19(26)16-8-7-15(2)22-12-16/h1,7-8,12,17-18,25H,4-6,9-11,13-14H2,2H3,(H,23,26)/t17-,18-/m1/s1. The number of hydrogen-bond acceptors (Lipinski definition) is 4. The van der Waals surface area contributed by atoms with Gasteiger partial charge in [0, 0.05) is 31.4 Å². The van der Waals surface area contributed by atoms with Gasteiger partial charge in [-0.15, -0.1) is 12.3 Å². The van der Waals surface area contributed by atoms with E-state index in [0.29, 0.717) is 18.5 Å². The first-order valence-electron chi connectivity index (χ1n) is 9.60. The molecule has 6 nitrogen and oxygen atoms in total. The summed E-state index contributed by atoms with van der Waals surface area (Å²) in [5.74, 6) is 2.40. The van der Waals surface area contributed by atoms with Crippen LogP contribution in [0.25, 0.3) is 0 Å². The Morgan fingerprint density at radius 2 is 2.07 bits per heavy atom. The second kappa shape index (κ2) is 8.10. The number of aliphatic hydroxyl groups is 1. The Hall–Kier alpha value is -2.39. The Morgan fingerprint density at radius 3 is 2.70 bits per heavy atom. The Bertz CT molecular complexity index is 732. The molecule has 2 atom stereocenters. The third-order valence-corrected chi connectivity index (χ3v) is 5.77. The minimum absolute atomic E-state index is 0.0213. The predicted octanol–water partition coefficient (Wildman–Crippen LogP) is 1.67. The molecule has 3 rings (SSSR count). The molecule has 2 heterocycles. The van der Waals surface area contributed by atoms with Gasteiger partial charge in [0.1, 0.15) is 0 Å². The van der Waals surface area contributed by atoms with Crippen molar-refractivity contribution in [3.63, 3.8) is 0 Å². The van der Waals surface area contributed by atoms with Gasteiger partial charge in [-0.3, -0.25) is 14.6 Å². The molecule has 1 saturated carbocycles. The first-order chi connectivity index (χ1) is 12.9. The maximum Gasteiger partial charge on any atom is 0.253 e. The minimum atomic E-state index is -0.789. The van der Waals surface area contributed by atoms with Gasteiger partial charge in [-0.1, -0.05) is 19.3 Å². The van der Waals surface area contributed by atoms with Gasteiger partial charge in [0.2, 0.25) is 5.91 Å². The molecule has 1 aliphatic heterocycles. The number of hydrogen-bond donors (Lipinski definition) is 2. The fourth-order valence-corrected chi connectivity index (χ4v) is 4.17. The zero-order valence-corrected chi connectivity index (χ0v) is 15.8. The molecule has 144 valence electrons. The van der Waals surface area contributed by atoms with Crippen molar-refractivity contribution in [2.75, 3.05) is 13.1 Å². The molecule has 2 N–H and O–H groups in total. The lowest BCUT2D eigenvalue weighted by molar-refractivity contribution is -0.143. The van der Waals surface area contributed by atoms with Crippen LogP contribution in [-0.2, 0) is 4.79 Å². The summed E-state index contributed by atoms with van der Waals surface area (Å²) in [4.78, 5) is 31.4. The first kappa shape index (κ1) is 19.4. The largest absolute Gasteiger partial charge is 0.389 e. The van der Waals surface area contributed by atoms with Gasteiger partial charge in [0.05, 0.1) is 23.1 Å². The van der Waals surface area contributed by atoms with E-state index in [2.05, 4.69) is 16.2 Å². The molecule has 6 heteroatoms. The number of carbonyl (C=O) groups is 2. The zero-order valence-electron chi connectivity index (χ0n) is 15.8. The molecular formula is C21H27N3O3. The van der Waals surface area contributed by atoms with Crippen molar-refractivity contribution < 1.29 is 14.7 Å². The molecule has 1 aromatic heterocycles. The fourth-order valence-electron chi connectivity index (χ4n) is 4.17. The monoisotopic (exact) mass is 369 g/mol. The summed E-state index contributed by atoms with van der Waals surface area (Å²) in [7, 11) is 0. The summed E-state index contributed by atoms with van der Waals surface area (Å²) in [6, 6.07) is 2.98. The maximum absolute atomic E-state index is 13.2. The summed E-state index contributed by atoms with van der Waals surface area (Å²) >= 11 is 0. The molecule has 2 amide bonds. The van der Waals surface area contributed by atoms with E-state index in [1.165, 1.54) is 6.20 Å². The van der Waals surface area contributed by atoms with Crippen molar-refractivity contribution in [1.29, 1.82) is 0 Å². The van der Waals surface area contributed by atoms with E-state index >= 15 is 0 Å². The van der Waals surface area contributed by atoms with Crippen molar-refractivity contribution in [3.05, 3.63) is 29.6 Å². The molecule has 1 saturated heterocycles. The Balaban J connectivity index is 1.66. The number of β-amino-alcohol motifs (C(OH)–C–C–N with tert-alkyl or cyclic N) is 1. The molecule has 2 aliphatic rings. The number of rotatable bonds is 4. The van der Waals surface area contributed by atoms with Crippen LogP contribution in [0.4, 0.5) is 0 Å². The van der Waals surface area contributed by atoms with E-state index in [9.17, 15) is 14.7 Å². The quantitative estimate of drug-likeness (QED) is 0.791. The van der Waals surface area contributed by atoms with Crippen LogP contribution in [0, 0.1) is 24.7 Å². The van der Waals surface area contributed by atoms with Crippen LogP contribution in [0.15, 0.2) is 18.3 Å². The number of terminal acetylenes is 1. The van der Waals surface area contributed by atoms with Crippen LogP contribution in [0.1, 0.15) is 54.6 Å². The normalized spacial score (nSPS) is 24.3. The van der Waals surface area contributed by atoms with Crippen molar-refractivity contribution >= 4 is 11.8 Å². The topological polar surface area (TPSA) is 82.5 Å². The van der Waals surface area contributed by atoms with Crippen molar-refractivity contribution in [3.8, 4) is 12.3 Å². The average molecular weight is 369 g/mol. The maximum atomic E-state index is 13.2. The number of aliphatic hydroxyl groups excluding tert-OH is 1. The molecule has 1 aromatic rings. The van der Waals surface area contributed by atoms with Gasteiger partial charge >= 0.3 is 0 Å². The smallest absolute Gasteiger partial charge is 0.253 e. The third-order valence-electron chi connectivity index (χ3n) is 5.77. The number of likely N-dealkylation sites (tertiary alicyclic amines) is 1. The van der Waals surface area contributed by atoms with Gasteiger partial charge in [0.25, 0.3) is 5.91 Å². The zero-order chi connectivity index (χ0) is 19.4. The highest BCUT2D eigenvalue weighted by Gasteiger charge is 2.45. The number of amides is 2. The van der Waals surface area contributed by atoms with Crippen LogP contribution in [0.2, 0.25) is 0 Å². The lowest BCUT2D eigenvalue weighted by atomic mass is 9.71. The molecule has 27 heavy (non-hydrogen) atoms. The number of pyridine rings is 1. The van der Waals surface area contributed by atoms with Gasteiger partial charge in [-0.05, 0) is 31.9 Å². The van der Waals surface area contributed by atoms with Gasteiger partial charge in [-0.25, -0.2) is 0 Å². The number of nitrogens with zero attached hydrogens (tertiary/aromatic N) is 2. The molecular weight excluding hydrogens is 342 g/mol. The predicted molar refractivity (Wildman–Crippen MR) is 102 cm³/mol. The SMILES string of the molecule is C#CCC1(C(=O)N2C[C@@H](O)[C@H](NC(=O)c3ccc(C)nc3)C2)CCCCC1. The van der Waals surface area contributed by atoms with Crippen LogP contribution in [-0.4, -0.2) is 52.0 Å². The Labute approximate surface area is 160 Å². The Morgan fingerprint density at radius 1 is 1.33 bits per heavy atom. The van der Waals surface area contributed by atoms with Crippen LogP contribution in [0.3, 0.4) is 0 Å². The van der Waals surface area contributed by atoms with Gasteiger partial charge in [-0.2, -0.15) is 0 Å². The molecule has 0 spiro atoms. The minimum Gasteiger partial charge on any atom is -0.389 e. The van der Waals surface area contributed by atoms with E-state index in [4.69, 9.17) is 6.42 Å². The van der Waals surface area contributed by atoms with Crippen LogP contribution >= 0.6 is 0 Å². The number of carbonyl (C=O) groups excluding carboxylic acids is 2. The first-order valence-corrected chi connectivity index (χ1v) is 9.60. The van der Waals surface area contributed by atoms with Crippen molar-refractivity contribution in [2.45, 2.75) is 57.6 Å². The molecule has 0 unspecified atom stereocenters. The summed E-state index contributed by atoms with van der Waals surface area (Å²) in [6.45, 7) is 2.38. The van der Waals surface area contributed by atoms with E-state index in [0.717, 1.165) is 37.8 Å². The number of aromatic nitrogens is 1. The van der Waals surface area contributed by atoms with Crippen LogP contribution < -0.4 is 5.32 Å². The second-order valence-corrected chi connectivity index (χ2v) is 7.77. The molecule has 0 bridgehead atoms. The highest BCUT2D eigenvalue weighted by atomic mass is 16.3. The van der Waals surface area contributed by atoms with E-state index in [-0.39, 0.29) is 18.4 Å². The average Bonchev–Trinajstić information content (AvgIpc) is 3.03. The number of nitrogens with one attached hydrogen (secondary N) is 1.